The van der Waals surface area contributed by atoms with Crippen LogP contribution in [0.2, 0.25) is 0 Å². The zero-order valence-electron chi connectivity index (χ0n) is 14.8. The molecule has 0 saturated heterocycles. The van der Waals surface area contributed by atoms with Crippen LogP contribution < -0.4 is 10.9 Å². The van der Waals surface area contributed by atoms with Crippen molar-refractivity contribution in [2.75, 3.05) is 0 Å². The van der Waals surface area contributed by atoms with E-state index < -0.39 is 5.63 Å². The number of amides is 1. The molecule has 1 N–H and O–H groups in total. The smallest absolute Gasteiger partial charge is 0.336 e. The lowest BCUT2D eigenvalue weighted by Crippen LogP contribution is -2.48. The first kappa shape index (κ1) is 15.9. The van der Waals surface area contributed by atoms with Gasteiger partial charge >= 0.3 is 5.63 Å². The Hall–Kier alpha value is -1.58. The molecule has 130 valence electrons. The van der Waals surface area contributed by atoms with Gasteiger partial charge in [0.1, 0.15) is 5.76 Å². The Bertz CT molecular complexity index is 696. The lowest BCUT2D eigenvalue weighted by Gasteiger charge is -2.45. The molecule has 4 heteroatoms. The second kappa shape index (κ2) is 5.75. The molecule has 3 saturated carbocycles. The van der Waals surface area contributed by atoms with Crippen LogP contribution in [0.4, 0.5) is 0 Å². The van der Waals surface area contributed by atoms with Crippen molar-refractivity contribution in [3.05, 3.63) is 33.4 Å². The second-order valence-electron chi connectivity index (χ2n) is 8.35. The van der Waals surface area contributed by atoms with Crippen LogP contribution in [0.25, 0.3) is 0 Å². The molecule has 3 aliphatic rings. The highest BCUT2D eigenvalue weighted by Gasteiger charge is 2.51. The molecule has 4 nitrogen and oxygen atoms in total. The molecule has 1 aromatic rings. The van der Waals surface area contributed by atoms with Crippen LogP contribution >= 0.6 is 0 Å². The molecule has 1 aromatic heterocycles. The third-order valence-electron chi connectivity index (χ3n) is 6.93. The molecule has 0 aromatic carbocycles. The number of carbonyl (C=O) groups is 1. The van der Waals surface area contributed by atoms with E-state index in [0.29, 0.717) is 22.8 Å². The molecule has 24 heavy (non-hydrogen) atoms. The number of hydrogen-bond donors (Lipinski definition) is 1. The number of aryl methyl sites for hydroxylation is 2. The van der Waals surface area contributed by atoms with Crippen LogP contribution in [0.15, 0.2) is 15.3 Å². The van der Waals surface area contributed by atoms with Crippen molar-refractivity contribution in [3.8, 4) is 0 Å². The van der Waals surface area contributed by atoms with Crippen molar-refractivity contribution in [2.24, 2.45) is 29.6 Å². The van der Waals surface area contributed by atoms with E-state index in [4.69, 9.17) is 4.42 Å². The largest absolute Gasteiger partial charge is 0.427 e. The minimum absolute atomic E-state index is 0.0998. The van der Waals surface area contributed by atoms with Crippen molar-refractivity contribution in [1.82, 2.24) is 5.32 Å². The molecule has 1 amide bonds. The molecule has 1 heterocycles. The minimum atomic E-state index is -0.392. The Morgan fingerprint density at radius 3 is 2.67 bits per heavy atom. The molecule has 3 fully saturated rings. The first-order valence-electron chi connectivity index (χ1n) is 9.36. The summed E-state index contributed by atoms with van der Waals surface area (Å²) in [7, 11) is 0. The summed E-state index contributed by atoms with van der Waals surface area (Å²) in [5.41, 5.74) is 0.822. The molecule has 0 spiro atoms. The van der Waals surface area contributed by atoms with E-state index in [2.05, 4.69) is 12.2 Å². The minimum Gasteiger partial charge on any atom is -0.427 e. The second-order valence-corrected chi connectivity index (χ2v) is 8.35. The monoisotopic (exact) mass is 329 g/mol. The fourth-order valence-electron chi connectivity index (χ4n) is 6.20. The Morgan fingerprint density at radius 2 is 1.92 bits per heavy atom. The summed E-state index contributed by atoms with van der Waals surface area (Å²) in [5.74, 6) is 4.33. The van der Waals surface area contributed by atoms with Crippen molar-refractivity contribution in [3.63, 3.8) is 0 Å². The summed E-state index contributed by atoms with van der Waals surface area (Å²) in [6, 6.07) is 1.58. The molecule has 3 bridgehead atoms. The molecule has 0 radical (unpaired) electrons. The van der Waals surface area contributed by atoms with E-state index >= 15 is 0 Å². The Kier molecular flexibility index (Phi) is 3.81. The van der Waals surface area contributed by atoms with Gasteiger partial charge in [-0.3, -0.25) is 4.79 Å². The quantitative estimate of drug-likeness (QED) is 0.924. The van der Waals surface area contributed by atoms with Crippen molar-refractivity contribution in [1.29, 1.82) is 0 Å². The summed E-state index contributed by atoms with van der Waals surface area (Å²) in [4.78, 5) is 24.2. The molecule has 4 rings (SSSR count). The molecular weight excluding hydrogens is 302 g/mol. The van der Waals surface area contributed by atoms with Crippen LogP contribution in [-0.2, 0) is 0 Å². The van der Waals surface area contributed by atoms with E-state index in [1.54, 1.807) is 13.8 Å². The van der Waals surface area contributed by atoms with Gasteiger partial charge in [0.15, 0.2) is 0 Å². The predicted molar refractivity (Wildman–Crippen MR) is 91.9 cm³/mol. The molecule has 0 aliphatic heterocycles. The average molecular weight is 329 g/mol. The molecular formula is C20H27NO3. The van der Waals surface area contributed by atoms with E-state index in [1.165, 1.54) is 38.2 Å². The number of nitrogens with one attached hydrogen (secondary N) is 1. The van der Waals surface area contributed by atoms with Crippen LogP contribution in [-0.4, -0.2) is 11.9 Å². The highest BCUT2D eigenvalue weighted by molar-refractivity contribution is 5.96. The summed E-state index contributed by atoms with van der Waals surface area (Å²) in [5, 5.41) is 3.23. The first-order chi connectivity index (χ1) is 11.4. The SMILES string of the molecule is Cc1cc(=O)oc(C)c1C(=O)N[C@H](C)[C@H]1[C@H]2CC[C@@H]3C[C@@H](C2)C[C@H]31. The maximum atomic E-state index is 12.8. The fourth-order valence-corrected chi connectivity index (χ4v) is 6.20. The van der Waals surface area contributed by atoms with Gasteiger partial charge in [0.05, 0.1) is 5.56 Å². The summed E-state index contributed by atoms with van der Waals surface area (Å²) in [6.45, 7) is 5.66. The van der Waals surface area contributed by atoms with Crippen LogP contribution in [0, 0.1) is 43.4 Å². The lowest BCUT2D eigenvalue weighted by molar-refractivity contribution is 0.0518. The Labute approximate surface area is 143 Å². The van der Waals surface area contributed by atoms with Gasteiger partial charge in [-0.05, 0) is 88.0 Å². The van der Waals surface area contributed by atoms with Gasteiger partial charge in [-0.1, -0.05) is 0 Å². The van der Waals surface area contributed by atoms with Gasteiger partial charge in [-0.15, -0.1) is 0 Å². The predicted octanol–water partition coefficient (Wildman–Crippen LogP) is 3.45. The highest BCUT2D eigenvalue weighted by Crippen LogP contribution is 2.58. The molecule has 3 aliphatic carbocycles. The van der Waals surface area contributed by atoms with Crippen LogP contribution in [0.5, 0.6) is 0 Å². The van der Waals surface area contributed by atoms with Crippen molar-refractivity contribution >= 4 is 5.91 Å². The number of carbonyl (C=O) groups excluding carboxylic acids is 1. The fraction of sp³-hybridized carbons (Fsp3) is 0.700. The average Bonchev–Trinajstić information content (AvgIpc) is 2.68. The standard InChI is InChI=1S/C20H27NO3/c1-10-6-17(22)24-12(3)18(10)20(23)21-11(2)19-15-5-4-14-7-13(8-15)9-16(14)19/h6,11,13-16,19H,4-5,7-9H2,1-3H3,(H,21,23)/t11-,13+,14-,15+,16-,19+/m1/s1. The topological polar surface area (TPSA) is 59.3 Å². The van der Waals surface area contributed by atoms with E-state index in [1.807, 2.05) is 0 Å². The van der Waals surface area contributed by atoms with Gasteiger partial charge in [0.25, 0.3) is 5.91 Å². The van der Waals surface area contributed by atoms with Gasteiger partial charge in [-0.25, -0.2) is 4.79 Å². The zero-order chi connectivity index (χ0) is 17.0. The van der Waals surface area contributed by atoms with Gasteiger partial charge < -0.3 is 9.73 Å². The lowest BCUT2D eigenvalue weighted by atomic mass is 9.62. The molecule has 0 unspecified atom stereocenters. The third-order valence-corrected chi connectivity index (χ3v) is 6.93. The van der Waals surface area contributed by atoms with E-state index in [0.717, 1.165) is 23.7 Å². The number of rotatable bonds is 3. The van der Waals surface area contributed by atoms with Crippen molar-refractivity contribution < 1.29 is 9.21 Å². The van der Waals surface area contributed by atoms with Crippen molar-refractivity contribution in [2.45, 2.75) is 58.9 Å². The number of fused-ring (bicyclic) bond motifs is 2. The maximum absolute atomic E-state index is 12.8. The van der Waals surface area contributed by atoms with Gasteiger partial charge in [0, 0.05) is 12.1 Å². The maximum Gasteiger partial charge on any atom is 0.336 e. The summed E-state index contributed by atoms with van der Waals surface area (Å²) in [6.07, 6.45) is 6.87. The number of hydrogen-bond acceptors (Lipinski definition) is 3. The van der Waals surface area contributed by atoms with Gasteiger partial charge in [0.2, 0.25) is 0 Å². The third kappa shape index (κ3) is 2.51. The first-order valence-corrected chi connectivity index (χ1v) is 9.36. The summed E-state index contributed by atoms with van der Waals surface area (Å²) >= 11 is 0. The Balaban J connectivity index is 1.53. The zero-order valence-corrected chi connectivity index (χ0v) is 14.8. The highest BCUT2D eigenvalue weighted by atomic mass is 16.4. The molecule has 6 atom stereocenters. The normalized spacial score (nSPS) is 35.0. The van der Waals surface area contributed by atoms with Gasteiger partial charge in [-0.2, -0.15) is 0 Å². The van der Waals surface area contributed by atoms with Crippen LogP contribution in [0.1, 0.15) is 60.7 Å². The van der Waals surface area contributed by atoms with Crippen LogP contribution in [0.3, 0.4) is 0 Å². The van der Waals surface area contributed by atoms with E-state index in [-0.39, 0.29) is 11.9 Å². The van der Waals surface area contributed by atoms with E-state index in [9.17, 15) is 9.59 Å². The summed E-state index contributed by atoms with van der Waals surface area (Å²) < 4.78 is 5.12. The Morgan fingerprint density at radius 1 is 1.21 bits per heavy atom.